The number of aromatic hydroxyl groups is 1. The van der Waals surface area contributed by atoms with Gasteiger partial charge in [-0.25, -0.2) is 9.78 Å². The smallest absolute Gasteiger partial charge is 0.328 e. The molecule has 0 bridgehead atoms. The van der Waals surface area contributed by atoms with Crippen LogP contribution in [0.1, 0.15) is 24.1 Å². The molecule has 2 aromatic rings. The highest BCUT2D eigenvalue weighted by atomic mass is 16.5. The summed E-state index contributed by atoms with van der Waals surface area (Å²) in [6, 6.07) is 4.05. The second-order valence-electron chi connectivity index (χ2n) is 6.53. The van der Waals surface area contributed by atoms with Gasteiger partial charge in [0.2, 0.25) is 11.8 Å². The van der Waals surface area contributed by atoms with Crippen LogP contribution >= 0.6 is 0 Å². The van der Waals surface area contributed by atoms with Gasteiger partial charge in [-0.05, 0) is 24.1 Å². The van der Waals surface area contributed by atoms with Crippen LogP contribution in [0.15, 0.2) is 30.7 Å². The van der Waals surface area contributed by atoms with Crippen LogP contribution < -0.4 is 15.4 Å². The molecule has 10 heteroatoms. The summed E-state index contributed by atoms with van der Waals surface area (Å²) in [5.74, 6) is -0.772. The van der Waals surface area contributed by atoms with Crippen molar-refractivity contribution in [1.82, 2.24) is 20.6 Å². The molecule has 0 aliphatic rings. The first-order valence-corrected chi connectivity index (χ1v) is 9.40. The number of nitrogens with zero attached hydrogens (tertiary/aromatic N) is 1. The lowest BCUT2D eigenvalue weighted by atomic mass is 10.1. The summed E-state index contributed by atoms with van der Waals surface area (Å²) in [7, 11) is 2.70. The lowest BCUT2D eigenvalue weighted by Gasteiger charge is -2.16. The van der Waals surface area contributed by atoms with E-state index in [4.69, 9.17) is 9.47 Å². The van der Waals surface area contributed by atoms with Crippen molar-refractivity contribution in [1.29, 1.82) is 0 Å². The summed E-state index contributed by atoms with van der Waals surface area (Å²) >= 11 is 0. The second-order valence-corrected chi connectivity index (χ2v) is 6.53. The number of phenols is 1. The highest BCUT2D eigenvalue weighted by Gasteiger charge is 2.22. The van der Waals surface area contributed by atoms with Crippen LogP contribution in [0.4, 0.5) is 0 Å². The van der Waals surface area contributed by atoms with E-state index in [9.17, 15) is 19.5 Å². The predicted octanol–water partition coefficient (Wildman–Crippen LogP) is 0.463. The number of ether oxygens (including phenoxy) is 2. The van der Waals surface area contributed by atoms with Gasteiger partial charge in [-0.2, -0.15) is 0 Å². The van der Waals surface area contributed by atoms with Crippen molar-refractivity contribution in [2.24, 2.45) is 0 Å². The van der Waals surface area contributed by atoms with Gasteiger partial charge < -0.3 is 30.2 Å². The molecule has 4 N–H and O–H groups in total. The third-order valence-corrected chi connectivity index (χ3v) is 4.36. The van der Waals surface area contributed by atoms with Crippen molar-refractivity contribution in [3.05, 3.63) is 42.0 Å². The highest BCUT2D eigenvalue weighted by Crippen LogP contribution is 2.26. The van der Waals surface area contributed by atoms with Crippen LogP contribution in [0.25, 0.3) is 0 Å². The largest absolute Gasteiger partial charge is 0.504 e. The van der Waals surface area contributed by atoms with E-state index in [1.807, 2.05) is 0 Å². The van der Waals surface area contributed by atoms with Crippen LogP contribution in [0, 0.1) is 0 Å². The molecule has 1 heterocycles. The minimum Gasteiger partial charge on any atom is -0.504 e. The number of esters is 1. The zero-order valence-electron chi connectivity index (χ0n) is 16.9. The Morgan fingerprint density at radius 1 is 1.20 bits per heavy atom. The number of carbonyl (C=O) groups is 3. The fourth-order valence-electron chi connectivity index (χ4n) is 2.76. The Kier molecular flexibility index (Phi) is 8.67. The van der Waals surface area contributed by atoms with E-state index in [1.54, 1.807) is 18.3 Å². The Bertz CT molecular complexity index is 853. The van der Waals surface area contributed by atoms with Gasteiger partial charge in [0, 0.05) is 37.7 Å². The minimum atomic E-state index is -0.844. The van der Waals surface area contributed by atoms with Gasteiger partial charge >= 0.3 is 5.97 Å². The average molecular weight is 418 g/mol. The maximum atomic E-state index is 12.1. The van der Waals surface area contributed by atoms with Crippen molar-refractivity contribution in [3.8, 4) is 11.5 Å². The van der Waals surface area contributed by atoms with Gasteiger partial charge in [-0.3, -0.25) is 9.59 Å². The Labute approximate surface area is 174 Å². The van der Waals surface area contributed by atoms with E-state index in [0.29, 0.717) is 17.9 Å². The summed E-state index contributed by atoms with van der Waals surface area (Å²) in [6.07, 6.45) is 3.97. The Hall–Kier alpha value is -3.56. The maximum Gasteiger partial charge on any atom is 0.328 e. The zero-order valence-corrected chi connectivity index (χ0v) is 16.9. The lowest BCUT2D eigenvalue weighted by molar-refractivity contribution is -0.145. The first-order valence-electron chi connectivity index (χ1n) is 9.40. The molecule has 0 saturated carbocycles. The van der Waals surface area contributed by atoms with E-state index in [-0.39, 0.29) is 43.4 Å². The molecular formula is C20H26N4O6. The molecule has 2 rings (SSSR count). The Balaban J connectivity index is 1.73. The molecule has 1 aromatic heterocycles. The molecule has 0 fully saturated rings. The second kappa shape index (κ2) is 11.4. The number of aryl methyl sites for hydroxylation is 1. The number of phenolic OH excluding ortho intramolecular Hbond substituents is 1. The number of aromatic amines is 1. The number of aromatic nitrogens is 2. The summed E-state index contributed by atoms with van der Waals surface area (Å²) < 4.78 is 9.76. The number of amides is 2. The Morgan fingerprint density at radius 2 is 2.00 bits per heavy atom. The number of methoxy groups -OCH3 is 2. The third-order valence-electron chi connectivity index (χ3n) is 4.36. The monoisotopic (exact) mass is 418 g/mol. The summed E-state index contributed by atoms with van der Waals surface area (Å²) in [5, 5.41) is 14.9. The molecule has 162 valence electrons. The lowest BCUT2D eigenvalue weighted by Crippen LogP contribution is -2.44. The number of rotatable bonds is 11. The first kappa shape index (κ1) is 22.7. The number of benzene rings is 1. The van der Waals surface area contributed by atoms with Crippen LogP contribution in [0.3, 0.4) is 0 Å². The SMILES string of the molecule is COC(=O)C(Cc1cnc[nH]1)NC(=O)CCNC(=O)CCc1ccc(O)c(OC)c1. The van der Waals surface area contributed by atoms with Gasteiger partial charge in [-0.15, -0.1) is 0 Å². The number of hydrogen-bond acceptors (Lipinski definition) is 7. The quantitative estimate of drug-likeness (QED) is 0.388. The molecule has 1 atom stereocenters. The van der Waals surface area contributed by atoms with E-state index in [2.05, 4.69) is 20.6 Å². The maximum absolute atomic E-state index is 12.1. The number of nitrogens with one attached hydrogen (secondary N) is 3. The van der Waals surface area contributed by atoms with Gasteiger partial charge in [0.05, 0.1) is 20.5 Å². The first-order chi connectivity index (χ1) is 14.4. The van der Waals surface area contributed by atoms with Crippen LogP contribution in [0.5, 0.6) is 11.5 Å². The molecule has 0 spiro atoms. The fraction of sp³-hybridized carbons (Fsp3) is 0.400. The molecular weight excluding hydrogens is 392 g/mol. The summed E-state index contributed by atoms with van der Waals surface area (Å²) in [6.45, 7) is 0.140. The van der Waals surface area contributed by atoms with Crippen LogP contribution in [0.2, 0.25) is 0 Å². The number of H-pyrrole nitrogens is 1. The molecule has 1 aromatic carbocycles. The Morgan fingerprint density at radius 3 is 2.67 bits per heavy atom. The van der Waals surface area contributed by atoms with Gasteiger partial charge in [0.15, 0.2) is 11.5 Å². The van der Waals surface area contributed by atoms with Crippen molar-refractivity contribution >= 4 is 17.8 Å². The number of imidazole rings is 1. The molecule has 30 heavy (non-hydrogen) atoms. The van der Waals surface area contributed by atoms with E-state index in [1.165, 1.54) is 26.6 Å². The van der Waals surface area contributed by atoms with E-state index < -0.39 is 12.0 Å². The molecule has 0 aliphatic carbocycles. The van der Waals surface area contributed by atoms with Gasteiger partial charge in [0.25, 0.3) is 0 Å². The van der Waals surface area contributed by atoms with E-state index >= 15 is 0 Å². The van der Waals surface area contributed by atoms with Gasteiger partial charge in [0.1, 0.15) is 6.04 Å². The fourth-order valence-corrected chi connectivity index (χ4v) is 2.76. The molecule has 1 unspecified atom stereocenters. The normalized spacial score (nSPS) is 11.4. The van der Waals surface area contributed by atoms with Gasteiger partial charge in [-0.1, -0.05) is 6.07 Å². The molecule has 0 saturated heterocycles. The van der Waals surface area contributed by atoms with Crippen molar-refractivity contribution < 1.29 is 29.0 Å². The van der Waals surface area contributed by atoms with Crippen molar-refractivity contribution in [2.45, 2.75) is 31.7 Å². The standard InChI is InChI=1S/C20H26N4O6/c1-29-17-9-13(3-5-16(17)25)4-6-18(26)22-8-7-19(27)24-15(20(28)30-2)10-14-11-21-12-23-14/h3,5,9,11-12,15,25H,4,6-8,10H2,1-2H3,(H,21,23)(H,22,26)(H,24,27). The predicted molar refractivity (Wildman–Crippen MR) is 107 cm³/mol. The topological polar surface area (TPSA) is 143 Å². The van der Waals surface area contributed by atoms with Crippen molar-refractivity contribution in [3.63, 3.8) is 0 Å². The van der Waals surface area contributed by atoms with Crippen molar-refractivity contribution in [2.75, 3.05) is 20.8 Å². The molecule has 0 radical (unpaired) electrons. The van der Waals surface area contributed by atoms with E-state index in [0.717, 1.165) is 5.56 Å². The number of hydrogen-bond donors (Lipinski definition) is 4. The average Bonchev–Trinajstić information content (AvgIpc) is 3.25. The summed E-state index contributed by atoms with van der Waals surface area (Å²) in [4.78, 5) is 42.7. The molecule has 0 aliphatic heterocycles. The summed E-state index contributed by atoms with van der Waals surface area (Å²) in [5.41, 5.74) is 1.53. The number of carbonyl (C=O) groups excluding carboxylic acids is 3. The molecule has 2 amide bonds. The third kappa shape index (κ3) is 7.12. The highest BCUT2D eigenvalue weighted by molar-refractivity contribution is 5.85. The van der Waals surface area contributed by atoms with Crippen LogP contribution in [-0.4, -0.2) is 59.7 Å². The van der Waals surface area contributed by atoms with Crippen LogP contribution in [-0.2, 0) is 32.0 Å². The molecule has 10 nitrogen and oxygen atoms in total. The zero-order chi connectivity index (χ0) is 21.9. The minimum absolute atomic E-state index is 0.0231.